The molecule has 2 N–H and O–H groups in total. The van der Waals surface area contributed by atoms with Gasteiger partial charge < -0.3 is 4.42 Å². The first-order chi connectivity index (χ1) is 7.04. The summed E-state index contributed by atoms with van der Waals surface area (Å²) in [6, 6.07) is 0. The fraction of sp³-hybridized carbons (Fsp3) is 0.375. The molecule has 0 bridgehead atoms. The number of nitrogens with two attached hydrogens (primary N) is 1. The van der Waals surface area contributed by atoms with Gasteiger partial charge >= 0.3 is 0 Å². The molecule has 1 aromatic heterocycles. The normalized spacial score (nSPS) is 11.9. The first kappa shape index (κ1) is 11.9. The molecule has 0 amide bonds. The van der Waals surface area contributed by atoms with Crippen LogP contribution in [0.5, 0.6) is 0 Å². The Hall–Kier alpha value is -1.18. The van der Waals surface area contributed by atoms with E-state index >= 15 is 0 Å². The van der Waals surface area contributed by atoms with Crippen LogP contribution < -0.4 is 5.14 Å². The summed E-state index contributed by atoms with van der Waals surface area (Å²) < 4.78 is 28.4. The molecule has 7 heteroatoms. The van der Waals surface area contributed by atoms with E-state index in [9.17, 15) is 8.42 Å². The Morgan fingerprint density at radius 2 is 2.40 bits per heavy atom. The highest BCUT2D eigenvalue weighted by atomic mass is 32.2. The van der Waals surface area contributed by atoms with Crippen molar-refractivity contribution < 1.29 is 12.8 Å². The molecule has 1 rings (SSSR count). The van der Waals surface area contributed by atoms with Crippen molar-refractivity contribution in [1.29, 1.82) is 0 Å². The summed E-state index contributed by atoms with van der Waals surface area (Å²) in [6.07, 6.45) is 4.97. The predicted molar refractivity (Wildman–Crippen MR) is 54.8 cm³/mol. The second kappa shape index (κ2) is 5.06. The van der Waals surface area contributed by atoms with E-state index in [0.717, 1.165) is 4.31 Å². The third kappa shape index (κ3) is 3.82. The zero-order valence-electron chi connectivity index (χ0n) is 8.17. The van der Waals surface area contributed by atoms with Crippen molar-refractivity contribution in [2.75, 3.05) is 6.54 Å². The molecular formula is C8H13N3O3S. The van der Waals surface area contributed by atoms with Crippen LogP contribution in [0.4, 0.5) is 0 Å². The van der Waals surface area contributed by atoms with E-state index < -0.39 is 10.2 Å². The van der Waals surface area contributed by atoms with Crippen LogP contribution in [-0.2, 0) is 16.8 Å². The van der Waals surface area contributed by atoms with Gasteiger partial charge in [0.2, 0.25) is 5.89 Å². The fourth-order valence-electron chi connectivity index (χ4n) is 1.01. The van der Waals surface area contributed by atoms with Crippen LogP contribution in [0.15, 0.2) is 29.5 Å². The highest BCUT2D eigenvalue weighted by Crippen LogP contribution is 2.05. The van der Waals surface area contributed by atoms with Gasteiger partial charge in [-0.3, -0.25) is 0 Å². The van der Waals surface area contributed by atoms with E-state index in [4.69, 9.17) is 9.56 Å². The van der Waals surface area contributed by atoms with Crippen molar-refractivity contribution >= 4 is 10.2 Å². The van der Waals surface area contributed by atoms with Crippen LogP contribution in [0.3, 0.4) is 0 Å². The van der Waals surface area contributed by atoms with Gasteiger partial charge in [0.1, 0.15) is 6.26 Å². The van der Waals surface area contributed by atoms with Gasteiger partial charge in [-0.2, -0.15) is 12.7 Å². The van der Waals surface area contributed by atoms with Crippen LogP contribution in [0, 0.1) is 0 Å². The van der Waals surface area contributed by atoms with Crippen molar-refractivity contribution in [1.82, 2.24) is 9.29 Å². The Kier molecular flexibility index (Phi) is 4.01. The van der Waals surface area contributed by atoms with Crippen LogP contribution in [-0.4, -0.2) is 24.3 Å². The molecule has 0 spiro atoms. The quantitative estimate of drug-likeness (QED) is 0.711. The molecule has 84 valence electrons. The van der Waals surface area contributed by atoms with E-state index in [2.05, 4.69) is 11.6 Å². The average molecular weight is 231 g/mol. The van der Waals surface area contributed by atoms with Gasteiger partial charge in [0, 0.05) is 6.54 Å². The fourth-order valence-corrected chi connectivity index (χ4v) is 1.66. The number of aromatic nitrogens is 1. The molecule has 0 aliphatic heterocycles. The van der Waals surface area contributed by atoms with Crippen LogP contribution >= 0.6 is 0 Å². The Balaban J connectivity index is 2.69. The standard InChI is InChI=1S/C8H13N3O3S/c1-2-3-5-11(15(9,12)13)7-8-10-4-6-14-8/h2,4,6H,1,3,5,7H2,(H2,9,12,13). The monoisotopic (exact) mass is 231 g/mol. The Bertz CT molecular complexity index is 399. The second-order valence-electron chi connectivity index (χ2n) is 2.88. The molecule has 0 radical (unpaired) electrons. The van der Waals surface area contributed by atoms with E-state index in [1.54, 1.807) is 6.08 Å². The number of rotatable bonds is 6. The lowest BCUT2D eigenvalue weighted by molar-refractivity contribution is 0.359. The molecule has 0 aliphatic rings. The summed E-state index contributed by atoms with van der Waals surface area (Å²) in [7, 11) is -3.73. The van der Waals surface area contributed by atoms with Gasteiger partial charge in [-0.05, 0) is 6.42 Å². The lowest BCUT2D eigenvalue weighted by Crippen LogP contribution is -2.36. The maximum atomic E-state index is 11.2. The minimum Gasteiger partial charge on any atom is -0.448 e. The number of hydrogen-bond acceptors (Lipinski definition) is 4. The Morgan fingerprint density at radius 1 is 1.67 bits per heavy atom. The van der Waals surface area contributed by atoms with Gasteiger partial charge in [0.25, 0.3) is 10.2 Å². The zero-order valence-corrected chi connectivity index (χ0v) is 8.98. The van der Waals surface area contributed by atoms with Crippen molar-refractivity contribution in [3.63, 3.8) is 0 Å². The third-order valence-electron chi connectivity index (χ3n) is 1.74. The minimum atomic E-state index is -3.73. The Labute approximate surface area is 88.6 Å². The highest BCUT2D eigenvalue weighted by Gasteiger charge is 2.18. The molecule has 0 aromatic carbocycles. The van der Waals surface area contributed by atoms with Crippen molar-refractivity contribution in [2.24, 2.45) is 5.14 Å². The van der Waals surface area contributed by atoms with Crippen molar-refractivity contribution in [3.05, 3.63) is 31.0 Å². The molecule has 0 aliphatic carbocycles. The summed E-state index contributed by atoms with van der Waals surface area (Å²) in [5.41, 5.74) is 0. The maximum Gasteiger partial charge on any atom is 0.277 e. The molecule has 6 nitrogen and oxygen atoms in total. The molecule has 0 atom stereocenters. The van der Waals surface area contributed by atoms with E-state index in [-0.39, 0.29) is 13.1 Å². The highest BCUT2D eigenvalue weighted by molar-refractivity contribution is 7.86. The third-order valence-corrected chi connectivity index (χ3v) is 2.77. The number of nitrogens with zero attached hydrogens (tertiary/aromatic N) is 2. The molecule has 0 saturated carbocycles. The summed E-state index contributed by atoms with van der Waals surface area (Å²) in [6.45, 7) is 3.82. The zero-order chi connectivity index (χ0) is 11.3. The SMILES string of the molecule is C=CCCN(Cc1ncco1)S(N)(=O)=O. The summed E-state index contributed by atoms with van der Waals surface area (Å²) in [4.78, 5) is 3.82. The minimum absolute atomic E-state index is 0.0413. The first-order valence-corrected chi connectivity index (χ1v) is 5.81. The molecular weight excluding hydrogens is 218 g/mol. The number of hydrogen-bond donors (Lipinski definition) is 1. The van der Waals surface area contributed by atoms with E-state index in [1.807, 2.05) is 0 Å². The molecule has 0 unspecified atom stereocenters. The van der Waals surface area contributed by atoms with Crippen molar-refractivity contribution in [2.45, 2.75) is 13.0 Å². The Morgan fingerprint density at radius 3 is 2.87 bits per heavy atom. The van der Waals surface area contributed by atoms with Gasteiger partial charge in [-0.25, -0.2) is 10.1 Å². The number of oxazole rings is 1. The lowest BCUT2D eigenvalue weighted by atomic mass is 10.4. The lowest BCUT2D eigenvalue weighted by Gasteiger charge is -2.16. The summed E-state index contributed by atoms with van der Waals surface area (Å²) in [5, 5.41) is 5.03. The van der Waals surface area contributed by atoms with Gasteiger partial charge in [0.05, 0.1) is 12.7 Å². The van der Waals surface area contributed by atoms with Crippen molar-refractivity contribution in [3.8, 4) is 0 Å². The van der Waals surface area contributed by atoms with Crippen LogP contribution in [0.1, 0.15) is 12.3 Å². The summed E-state index contributed by atoms with van der Waals surface area (Å²) in [5.74, 6) is 0.313. The molecule has 0 saturated heterocycles. The summed E-state index contributed by atoms with van der Waals surface area (Å²) >= 11 is 0. The van der Waals surface area contributed by atoms with E-state index in [0.29, 0.717) is 12.3 Å². The topological polar surface area (TPSA) is 89.4 Å². The second-order valence-corrected chi connectivity index (χ2v) is 4.43. The molecule has 1 aromatic rings. The predicted octanol–water partition coefficient (Wildman–Crippen LogP) is 0.256. The van der Waals surface area contributed by atoms with Gasteiger partial charge in [-0.15, -0.1) is 6.58 Å². The van der Waals surface area contributed by atoms with Crippen LogP contribution in [0.25, 0.3) is 0 Å². The first-order valence-electron chi connectivity index (χ1n) is 4.31. The molecule has 0 fully saturated rings. The molecule has 1 heterocycles. The molecule has 15 heavy (non-hydrogen) atoms. The van der Waals surface area contributed by atoms with E-state index in [1.165, 1.54) is 12.5 Å². The largest absolute Gasteiger partial charge is 0.448 e. The van der Waals surface area contributed by atoms with Gasteiger partial charge in [-0.1, -0.05) is 6.08 Å². The average Bonchev–Trinajstić information content (AvgIpc) is 2.62. The van der Waals surface area contributed by atoms with Gasteiger partial charge in [0.15, 0.2) is 0 Å². The van der Waals surface area contributed by atoms with Crippen LogP contribution in [0.2, 0.25) is 0 Å². The smallest absolute Gasteiger partial charge is 0.277 e. The maximum absolute atomic E-state index is 11.2.